The van der Waals surface area contributed by atoms with Crippen LogP contribution in [0.1, 0.15) is 26.3 Å². The fraction of sp³-hybridized carbons (Fsp3) is 0.462. The van der Waals surface area contributed by atoms with Crippen LogP contribution in [0.3, 0.4) is 0 Å². The predicted molar refractivity (Wildman–Crippen MR) is 72.2 cm³/mol. The second-order valence-corrected chi connectivity index (χ2v) is 5.86. The summed E-state index contributed by atoms with van der Waals surface area (Å²) in [7, 11) is 0. The van der Waals surface area contributed by atoms with Crippen LogP contribution in [-0.2, 0) is 9.53 Å². The van der Waals surface area contributed by atoms with Crippen molar-refractivity contribution in [1.29, 1.82) is 0 Å². The second kappa shape index (κ2) is 5.45. The maximum absolute atomic E-state index is 11.6. The number of benzene rings is 1. The monoisotopic (exact) mass is 253 g/mol. The van der Waals surface area contributed by atoms with Crippen molar-refractivity contribution in [2.45, 2.75) is 38.2 Å². The van der Waals surface area contributed by atoms with Crippen LogP contribution in [0.5, 0.6) is 0 Å². The zero-order valence-corrected chi connectivity index (χ0v) is 11.6. The van der Waals surface area contributed by atoms with Crippen molar-refractivity contribution in [2.24, 2.45) is 0 Å². The number of rotatable bonds is 3. The molecule has 0 unspecified atom stereocenters. The van der Waals surface area contributed by atoms with Gasteiger partial charge in [0.25, 0.3) is 0 Å². The van der Waals surface area contributed by atoms with Crippen LogP contribution in [-0.4, -0.2) is 17.3 Å². The van der Waals surface area contributed by atoms with Gasteiger partial charge in [0.1, 0.15) is 5.60 Å². The van der Waals surface area contributed by atoms with Gasteiger partial charge in [-0.25, -0.2) is 0 Å². The van der Waals surface area contributed by atoms with E-state index in [0.29, 0.717) is 5.75 Å². The second-order valence-electron chi connectivity index (χ2n) is 4.85. The van der Waals surface area contributed by atoms with E-state index in [2.05, 4.69) is 0 Å². The maximum atomic E-state index is 11.6. The highest BCUT2D eigenvalue weighted by atomic mass is 32.2. The minimum atomic E-state index is -0.428. The average Bonchev–Trinajstić information content (AvgIpc) is 2.18. The first kappa shape index (κ1) is 13.9. The molecule has 0 aliphatic heterocycles. The van der Waals surface area contributed by atoms with Gasteiger partial charge in [-0.1, -0.05) is 6.07 Å². The quantitative estimate of drug-likeness (QED) is 0.511. The SMILES string of the molecule is Cc1c(N)cccc1SCC(=O)OC(C)(C)C. The number of thioether (sulfide) groups is 1. The lowest BCUT2D eigenvalue weighted by Crippen LogP contribution is -2.24. The van der Waals surface area contributed by atoms with E-state index in [1.165, 1.54) is 11.8 Å². The third kappa shape index (κ3) is 4.69. The summed E-state index contributed by atoms with van der Waals surface area (Å²) in [5, 5.41) is 0. The summed E-state index contributed by atoms with van der Waals surface area (Å²) in [5.74, 6) is 0.103. The van der Waals surface area contributed by atoms with Crippen molar-refractivity contribution < 1.29 is 9.53 Å². The van der Waals surface area contributed by atoms with Gasteiger partial charge in [-0.2, -0.15) is 0 Å². The van der Waals surface area contributed by atoms with Crippen molar-refractivity contribution in [2.75, 3.05) is 11.5 Å². The third-order valence-corrected chi connectivity index (χ3v) is 3.22. The summed E-state index contributed by atoms with van der Waals surface area (Å²) in [4.78, 5) is 12.6. The molecule has 1 aromatic carbocycles. The van der Waals surface area contributed by atoms with Gasteiger partial charge in [0.15, 0.2) is 0 Å². The first-order valence-electron chi connectivity index (χ1n) is 5.49. The van der Waals surface area contributed by atoms with E-state index in [9.17, 15) is 4.79 Å². The third-order valence-electron chi connectivity index (χ3n) is 2.09. The maximum Gasteiger partial charge on any atom is 0.316 e. The fourth-order valence-corrected chi connectivity index (χ4v) is 2.14. The molecule has 1 rings (SSSR count). The van der Waals surface area contributed by atoms with Crippen molar-refractivity contribution in [1.82, 2.24) is 0 Å². The number of esters is 1. The van der Waals surface area contributed by atoms with E-state index in [-0.39, 0.29) is 5.97 Å². The number of ether oxygens (including phenoxy) is 1. The summed E-state index contributed by atoms with van der Waals surface area (Å²) in [6, 6.07) is 5.70. The highest BCUT2D eigenvalue weighted by Gasteiger charge is 2.16. The number of nitrogens with two attached hydrogens (primary N) is 1. The predicted octanol–water partition coefficient (Wildman–Crippen LogP) is 3.01. The molecule has 3 nitrogen and oxygen atoms in total. The molecular formula is C13H19NO2S. The van der Waals surface area contributed by atoms with Crippen LogP contribution in [0.4, 0.5) is 5.69 Å². The lowest BCUT2D eigenvalue weighted by atomic mass is 10.2. The topological polar surface area (TPSA) is 52.3 Å². The smallest absolute Gasteiger partial charge is 0.316 e. The van der Waals surface area contributed by atoms with Crippen molar-refractivity contribution >= 4 is 23.4 Å². The first-order valence-corrected chi connectivity index (χ1v) is 6.48. The zero-order chi connectivity index (χ0) is 13.1. The molecule has 2 N–H and O–H groups in total. The highest BCUT2D eigenvalue weighted by Crippen LogP contribution is 2.26. The Bertz CT molecular complexity index is 410. The molecule has 0 spiro atoms. The van der Waals surface area contributed by atoms with E-state index >= 15 is 0 Å². The van der Waals surface area contributed by atoms with Crippen LogP contribution in [0.25, 0.3) is 0 Å². The summed E-state index contributed by atoms with van der Waals surface area (Å²) in [6.07, 6.45) is 0. The van der Waals surface area contributed by atoms with Gasteiger partial charge in [0, 0.05) is 10.6 Å². The van der Waals surface area contributed by atoms with Gasteiger partial charge in [-0.05, 0) is 45.4 Å². The van der Waals surface area contributed by atoms with Crippen molar-refractivity contribution in [3.63, 3.8) is 0 Å². The van der Waals surface area contributed by atoms with Crippen molar-refractivity contribution in [3.8, 4) is 0 Å². The van der Waals surface area contributed by atoms with Gasteiger partial charge < -0.3 is 10.5 Å². The molecule has 0 saturated carbocycles. The Balaban J connectivity index is 2.56. The molecule has 0 fully saturated rings. The molecular weight excluding hydrogens is 234 g/mol. The summed E-state index contributed by atoms with van der Waals surface area (Å²) in [6.45, 7) is 7.54. The molecule has 0 aliphatic carbocycles. The molecule has 17 heavy (non-hydrogen) atoms. The summed E-state index contributed by atoms with van der Waals surface area (Å²) >= 11 is 1.46. The van der Waals surface area contributed by atoms with E-state index < -0.39 is 5.60 Å². The number of anilines is 1. The Hall–Kier alpha value is -1.16. The lowest BCUT2D eigenvalue weighted by Gasteiger charge is -2.19. The van der Waals surface area contributed by atoms with Crippen LogP contribution in [0, 0.1) is 6.92 Å². The van der Waals surface area contributed by atoms with Gasteiger partial charge in [0.05, 0.1) is 5.75 Å². The molecule has 94 valence electrons. The largest absolute Gasteiger partial charge is 0.459 e. The van der Waals surface area contributed by atoms with Gasteiger partial charge >= 0.3 is 5.97 Å². The molecule has 0 saturated heterocycles. The molecule has 0 aliphatic rings. The molecule has 0 atom stereocenters. The Kier molecular flexibility index (Phi) is 4.46. The van der Waals surface area contributed by atoms with Crippen LogP contribution >= 0.6 is 11.8 Å². The standard InChI is InChI=1S/C13H19NO2S/c1-9-10(14)6-5-7-11(9)17-8-12(15)16-13(2,3)4/h5-7H,8,14H2,1-4H3. The minimum absolute atomic E-state index is 0.204. The van der Waals surface area contributed by atoms with Crippen molar-refractivity contribution in [3.05, 3.63) is 23.8 Å². The van der Waals surface area contributed by atoms with E-state index in [1.54, 1.807) is 0 Å². The number of hydrogen-bond acceptors (Lipinski definition) is 4. The molecule has 1 aromatic rings. The fourth-order valence-electron chi connectivity index (χ4n) is 1.30. The number of carbonyl (C=O) groups is 1. The molecule has 0 bridgehead atoms. The molecule has 0 radical (unpaired) electrons. The van der Waals surface area contributed by atoms with Crippen LogP contribution < -0.4 is 5.73 Å². The van der Waals surface area contributed by atoms with Gasteiger partial charge in [-0.3, -0.25) is 4.79 Å². The van der Waals surface area contributed by atoms with Gasteiger partial charge in [0.2, 0.25) is 0 Å². The van der Waals surface area contributed by atoms with E-state index in [0.717, 1.165) is 16.1 Å². The number of carbonyl (C=O) groups excluding carboxylic acids is 1. The highest BCUT2D eigenvalue weighted by molar-refractivity contribution is 8.00. The normalized spacial score (nSPS) is 11.3. The summed E-state index contributed by atoms with van der Waals surface area (Å²) < 4.78 is 5.24. The Morgan fingerprint density at radius 1 is 1.41 bits per heavy atom. The molecule has 0 amide bonds. The minimum Gasteiger partial charge on any atom is -0.459 e. The number of hydrogen-bond donors (Lipinski definition) is 1. The number of nitrogen functional groups attached to an aromatic ring is 1. The Morgan fingerprint density at radius 3 is 2.65 bits per heavy atom. The zero-order valence-electron chi connectivity index (χ0n) is 10.7. The van der Waals surface area contributed by atoms with E-state index in [1.807, 2.05) is 45.9 Å². The molecule has 0 heterocycles. The van der Waals surface area contributed by atoms with Gasteiger partial charge in [-0.15, -0.1) is 11.8 Å². The molecule has 0 aromatic heterocycles. The molecule has 4 heteroatoms. The Morgan fingerprint density at radius 2 is 2.06 bits per heavy atom. The summed E-state index contributed by atoms with van der Waals surface area (Å²) in [5.41, 5.74) is 7.14. The average molecular weight is 253 g/mol. The van der Waals surface area contributed by atoms with Crippen LogP contribution in [0.15, 0.2) is 23.1 Å². The van der Waals surface area contributed by atoms with E-state index in [4.69, 9.17) is 10.5 Å². The van der Waals surface area contributed by atoms with Crippen LogP contribution in [0.2, 0.25) is 0 Å². The first-order chi connectivity index (χ1) is 7.79. The Labute approximate surface area is 107 Å². The lowest BCUT2D eigenvalue weighted by molar-refractivity contribution is -0.151.